The van der Waals surface area contributed by atoms with Crippen LogP contribution in [0, 0.1) is 0 Å². The number of carbonyl (C=O) groups is 1. The lowest BCUT2D eigenvalue weighted by atomic mass is 10.1. The van der Waals surface area contributed by atoms with E-state index in [0.29, 0.717) is 27.4 Å². The second-order valence-corrected chi connectivity index (χ2v) is 7.66. The molecule has 0 aliphatic carbocycles. The maximum Gasteiger partial charge on any atom is 0.274 e. The summed E-state index contributed by atoms with van der Waals surface area (Å²) in [7, 11) is 0. The molecule has 0 fully saturated rings. The molecule has 0 bridgehead atoms. The fraction of sp³-hybridized carbons (Fsp3) is 0.286. The summed E-state index contributed by atoms with van der Waals surface area (Å²) in [5.74, 6) is -0.292. The van der Waals surface area contributed by atoms with E-state index in [9.17, 15) is 9.59 Å². The van der Waals surface area contributed by atoms with Crippen molar-refractivity contribution < 1.29 is 4.79 Å². The lowest BCUT2D eigenvalue weighted by Crippen LogP contribution is -2.32. The Morgan fingerprint density at radius 3 is 2.50 bits per heavy atom. The Morgan fingerprint density at radius 1 is 1.11 bits per heavy atom. The molecule has 2 aromatic carbocycles. The van der Waals surface area contributed by atoms with Gasteiger partial charge in [0.15, 0.2) is 5.69 Å². The van der Waals surface area contributed by atoms with Crippen LogP contribution in [0.3, 0.4) is 0 Å². The van der Waals surface area contributed by atoms with Crippen LogP contribution in [0.4, 0.5) is 0 Å². The van der Waals surface area contributed by atoms with Crippen LogP contribution in [0.25, 0.3) is 10.8 Å². The second kappa shape index (κ2) is 8.76. The highest BCUT2D eigenvalue weighted by atomic mass is 35.5. The monoisotopic (exact) mass is 417 g/mol. The van der Waals surface area contributed by atoms with E-state index in [1.807, 2.05) is 26.0 Å². The molecule has 0 atom stereocenters. The fourth-order valence-corrected chi connectivity index (χ4v) is 3.32. The van der Waals surface area contributed by atoms with Crippen LogP contribution < -0.4 is 10.9 Å². The number of halogens is 2. The number of hydrogen-bond donors (Lipinski definition) is 1. The number of rotatable bonds is 6. The van der Waals surface area contributed by atoms with Crippen LogP contribution >= 0.6 is 23.2 Å². The molecule has 3 aromatic rings. The summed E-state index contributed by atoms with van der Waals surface area (Å²) in [5.41, 5.74) is 1.13. The maximum atomic E-state index is 12.7. The van der Waals surface area contributed by atoms with Crippen LogP contribution in [0.5, 0.6) is 0 Å². The lowest BCUT2D eigenvalue weighted by Gasteiger charge is -2.13. The largest absolute Gasteiger partial charge is 0.351 e. The van der Waals surface area contributed by atoms with Gasteiger partial charge in [-0.25, -0.2) is 4.68 Å². The summed E-state index contributed by atoms with van der Waals surface area (Å²) in [6, 6.07) is 12.4. The summed E-state index contributed by atoms with van der Waals surface area (Å²) in [6.07, 6.45) is 1.50. The van der Waals surface area contributed by atoms with Crippen LogP contribution in [0.1, 0.15) is 42.4 Å². The number of nitrogens with zero attached hydrogens (tertiary/aromatic N) is 2. The first kappa shape index (κ1) is 20.4. The quantitative estimate of drug-likeness (QED) is 0.593. The van der Waals surface area contributed by atoms with Gasteiger partial charge in [-0.2, -0.15) is 5.10 Å². The molecule has 1 N–H and O–H groups in total. The molecule has 7 heteroatoms. The predicted molar refractivity (Wildman–Crippen MR) is 114 cm³/mol. The van der Waals surface area contributed by atoms with Gasteiger partial charge in [0, 0.05) is 11.9 Å². The minimum Gasteiger partial charge on any atom is -0.351 e. The average Bonchev–Trinajstić information content (AvgIpc) is 2.68. The van der Waals surface area contributed by atoms with Gasteiger partial charge in [-0.05, 0) is 50.5 Å². The van der Waals surface area contributed by atoms with Gasteiger partial charge in [0.1, 0.15) is 0 Å². The number of aromatic nitrogens is 2. The van der Waals surface area contributed by atoms with Crippen molar-refractivity contribution in [1.29, 1.82) is 0 Å². The molecule has 0 spiro atoms. The molecule has 0 saturated heterocycles. The maximum absolute atomic E-state index is 12.7. The normalized spacial score (nSPS) is 11.2. The second-order valence-electron chi connectivity index (χ2n) is 6.85. The Kier molecular flexibility index (Phi) is 6.37. The smallest absolute Gasteiger partial charge is 0.274 e. The highest BCUT2D eigenvalue weighted by molar-refractivity contribution is 6.42. The molecule has 1 aromatic heterocycles. The Labute approximate surface area is 173 Å². The zero-order valence-corrected chi connectivity index (χ0v) is 17.2. The molecule has 1 heterocycles. The third-order valence-electron chi connectivity index (χ3n) is 4.44. The molecule has 0 radical (unpaired) electrons. The summed E-state index contributed by atoms with van der Waals surface area (Å²) in [4.78, 5) is 25.3. The molecule has 0 aliphatic rings. The Bertz CT molecular complexity index is 1080. The fourth-order valence-electron chi connectivity index (χ4n) is 3.00. The van der Waals surface area contributed by atoms with Crippen LogP contribution in [-0.2, 0) is 6.42 Å². The van der Waals surface area contributed by atoms with E-state index < -0.39 is 0 Å². The molecule has 0 saturated carbocycles. The molecule has 28 heavy (non-hydrogen) atoms. The first-order valence-corrected chi connectivity index (χ1v) is 9.87. The number of hydrogen-bond acceptors (Lipinski definition) is 3. The number of fused-ring (bicyclic) bond motifs is 1. The number of nitrogens with one attached hydrogen (secondary N) is 1. The van der Waals surface area contributed by atoms with E-state index >= 15 is 0 Å². The van der Waals surface area contributed by atoms with Crippen molar-refractivity contribution >= 4 is 39.9 Å². The van der Waals surface area contributed by atoms with E-state index in [4.69, 9.17) is 23.2 Å². The summed E-state index contributed by atoms with van der Waals surface area (Å²) in [5, 5.41) is 9.32. The van der Waals surface area contributed by atoms with Crippen molar-refractivity contribution in [1.82, 2.24) is 15.1 Å². The zero-order chi connectivity index (χ0) is 20.3. The molecule has 5 nitrogen and oxygen atoms in total. The first-order chi connectivity index (χ1) is 13.4. The molecule has 1 amide bonds. The van der Waals surface area contributed by atoms with E-state index in [-0.39, 0.29) is 23.2 Å². The lowest BCUT2D eigenvalue weighted by molar-refractivity contribution is 0.0947. The van der Waals surface area contributed by atoms with E-state index in [2.05, 4.69) is 10.4 Å². The highest BCUT2D eigenvalue weighted by Gasteiger charge is 2.17. The van der Waals surface area contributed by atoms with Crippen molar-refractivity contribution in [3.8, 4) is 0 Å². The van der Waals surface area contributed by atoms with Gasteiger partial charge in [-0.1, -0.05) is 47.5 Å². The molecular weight excluding hydrogens is 397 g/mol. The van der Waals surface area contributed by atoms with Crippen molar-refractivity contribution in [2.45, 2.75) is 32.7 Å². The third-order valence-corrected chi connectivity index (χ3v) is 5.18. The van der Waals surface area contributed by atoms with Gasteiger partial charge in [-0.3, -0.25) is 9.59 Å². The molecule has 3 rings (SSSR count). The standard InChI is InChI=1S/C21H21Cl2N3O2/c1-13(2)26-21(28)16-8-4-3-7-15(16)19(25-26)20(27)24-11-5-6-14-9-10-17(22)18(23)12-14/h3-4,7-10,12-13H,5-6,11H2,1-2H3,(H,24,27). The molecular formula is C21H21Cl2N3O2. The SMILES string of the molecule is CC(C)n1nc(C(=O)NCCCc2ccc(Cl)c(Cl)c2)c2ccccc2c1=O. The highest BCUT2D eigenvalue weighted by Crippen LogP contribution is 2.23. The van der Waals surface area contributed by atoms with E-state index in [0.717, 1.165) is 18.4 Å². The predicted octanol–water partition coefficient (Wildman–Crippen LogP) is 4.65. The van der Waals surface area contributed by atoms with Crippen molar-refractivity contribution in [2.24, 2.45) is 0 Å². The Balaban J connectivity index is 1.73. The van der Waals surface area contributed by atoms with Gasteiger partial charge in [0.2, 0.25) is 0 Å². The van der Waals surface area contributed by atoms with Crippen LogP contribution in [-0.4, -0.2) is 22.2 Å². The van der Waals surface area contributed by atoms with E-state index in [1.54, 1.807) is 30.3 Å². The number of aryl methyl sites for hydroxylation is 1. The Hall–Kier alpha value is -2.37. The minimum atomic E-state index is -0.292. The van der Waals surface area contributed by atoms with Gasteiger partial charge >= 0.3 is 0 Å². The van der Waals surface area contributed by atoms with E-state index in [1.165, 1.54) is 4.68 Å². The Morgan fingerprint density at radius 2 is 1.82 bits per heavy atom. The minimum absolute atomic E-state index is 0.140. The summed E-state index contributed by atoms with van der Waals surface area (Å²) >= 11 is 12.0. The van der Waals surface area contributed by atoms with Crippen molar-refractivity contribution in [3.05, 3.63) is 74.1 Å². The van der Waals surface area contributed by atoms with Gasteiger partial charge in [0.05, 0.1) is 21.5 Å². The van der Waals surface area contributed by atoms with Crippen LogP contribution in [0.2, 0.25) is 10.0 Å². The zero-order valence-electron chi connectivity index (χ0n) is 15.7. The number of carbonyl (C=O) groups excluding carboxylic acids is 1. The first-order valence-electron chi connectivity index (χ1n) is 9.12. The van der Waals surface area contributed by atoms with Crippen molar-refractivity contribution in [3.63, 3.8) is 0 Å². The van der Waals surface area contributed by atoms with Gasteiger partial charge in [-0.15, -0.1) is 0 Å². The molecule has 0 unspecified atom stereocenters. The topological polar surface area (TPSA) is 64.0 Å². The van der Waals surface area contributed by atoms with Gasteiger partial charge in [0.25, 0.3) is 11.5 Å². The number of benzene rings is 2. The summed E-state index contributed by atoms with van der Waals surface area (Å²) < 4.78 is 1.35. The molecule has 146 valence electrons. The van der Waals surface area contributed by atoms with Crippen LogP contribution in [0.15, 0.2) is 47.3 Å². The average molecular weight is 418 g/mol. The third kappa shape index (κ3) is 4.37. The van der Waals surface area contributed by atoms with Gasteiger partial charge < -0.3 is 5.32 Å². The molecule has 0 aliphatic heterocycles. The number of amides is 1. The van der Waals surface area contributed by atoms with Crippen molar-refractivity contribution in [2.75, 3.05) is 6.54 Å². The summed E-state index contributed by atoms with van der Waals surface area (Å²) in [6.45, 7) is 4.21.